The number of likely N-dealkylation sites (tertiary alicyclic amines) is 1. The molecule has 2 aliphatic heterocycles. The highest BCUT2D eigenvalue weighted by molar-refractivity contribution is 5.99. The standard InChI is InChI=1S/C24H31F3N4O4/c1-15(2)28-22-16-7-11-31(35-23(32)24(25,26)27)21(16)17-13-19(33-3)20(14-18(17)29-22)34-12-6-10-30-8-4-5-9-30/h13-15H,4-12H2,1-3H3,(H,28,29). The number of methoxy groups -OCH3 is 1. The molecule has 0 bridgehead atoms. The highest BCUT2D eigenvalue weighted by Gasteiger charge is 2.44. The molecule has 35 heavy (non-hydrogen) atoms. The zero-order chi connectivity index (χ0) is 25.2. The maximum atomic E-state index is 12.9. The number of anilines is 2. The lowest BCUT2D eigenvalue weighted by Crippen LogP contribution is -2.34. The predicted molar refractivity (Wildman–Crippen MR) is 126 cm³/mol. The Morgan fingerprint density at radius 1 is 1.17 bits per heavy atom. The Bertz CT molecular complexity index is 1070. The van der Waals surface area contributed by atoms with Crippen LogP contribution in [0.5, 0.6) is 11.5 Å². The second kappa shape index (κ2) is 10.3. The number of benzene rings is 1. The topological polar surface area (TPSA) is 76.2 Å². The molecule has 0 aliphatic carbocycles. The molecule has 1 N–H and O–H groups in total. The van der Waals surface area contributed by atoms with Gasteiger partial charge in [-0.2, -0.15) is 13.2 Å². The molecule has 2 aromatic rings. The van der Waals surface area contributed by atoms with E-state index < -0.39 is 12.1 Å². The summed E-state index contributed by atoms with van der Waals surface area (Å²) in [6, 6.07) is 3.43. The second-order valence-electron chi connectivity index (χ2n) is 9.09. The lowest BCUT2D eigenvalue weighted by molar-refractivity contribution is -0.201. The minimum Gasteiger partial charge on any atom is -0.493 e. The van der Waals surface area contributed by atoms with Crippen molar-refractivity contribution in [2.75, 3.05) is 50.3 Å². The van der Waals surface area contributed by atoms with E-state index in [2.05, 4.69) is 10.2 Å². The molecule has 0 amide bonds. The van der Waals surface area contributed by atoms with Gasteiger partial charge in [0, 0.05) is 29.6 Å². The molecule has 0 spiro atoms. The first-order valence-electron chi connectivity index (χ1n) is 11.9. The highest BCUT2D eigenvalue weighted by Crippen LogP contribution is 2.43. The van der Waals surface area contributed by atoms with Gasteiger partial charge in [-0.15, -0.1) is 0 Å². The maximum absolute atomic E-state index is 12.9. The van der Waals surface area contributed by atoms with Crippen LogP contribution in [0, 0.1) is 0 Å². The van der Waals surface area contributed by atoms with Crippen molar-refractivity contribution in [1.29, 1.82) is 0 Å². The van der Waals surface area contributed by atoms with Gasteiger partial charge in [0.2, 0.25) is 0 Å². The summed E-state index contributed by atoms with van der Waals surface area (Å²) < 4.78 is 50.2. The van der Waals surface area contributed by atoms with Crippen LogP contribution in [0.3, 0.4) is 0 Å². The van der Waals surface area contributed by atoms with Gasteiger partial charge in [0.25, 0.3) is 0 Å². The van der Waals surface area contributed by atoms with Gasteiger partial charge in [0.15, 0.2) is 11.5 Å². The summed E-state index contributed by atoms with van der Waals surface area (Å²) in [6.45, 7) is 7.67. The van der Waals surface area contributed by atoms with Crippen molar-refractivity contribution in [2.24, 2.45) is 0 Å². The van der Waals surface area contributed by atoms with E-state index in [1.54, 1.807) is 12.1 Å². The lowest BCUT2D eigenvalue weighted by atomic mass is 10.1. The third-order valence-electron chi connectivity index (χ3n) is 6.08. The average molecular weight is 497 g/mol. The van der Waals surface area contributed by atoms with E-state index in [1.165, 1.54) is 20.0 Å². The van der Waals surface area contributed by atoms with Crippen LogP contribution in [0.15, 0.2) is 12.1 Å². The van der Waals surface area contributed by atoms with Gasteiger partial charge in [-0.05, 0) is 58.7 Å². The van der Waals surface area contributed by atoms with Crippen molar-refractivity contribution >= 4 is 28.4 Å². The quantitative estimate of drug-likeness (QED) is 0.515. The number of ether oxygens (including phenoxy) is 2. The minimum absolute atomic E-state index is 0.0374. The van der Waals surface area contributed by atoms with Crippen LogP contribution in [0.25, 0.3) is 10.9 Å². The number of nitrogens with one attached hydrogen (secondary N) is 1. The Morgan fingerprint density at radius 2 is 1.91 bits per heavy atom. The third kappa shape index (κ3) is 5.66. The maximum Gasteiger partial charge on any atom is 0.493 e. The molecule has 1 aromatic carbocycles. The fourth-order valence-corrected chi connectivity index (χ4v) is 4.53. The average Bonchev–Trinajstić information content (AvgIpc) is 3.46. The molecule has 192 valence electrons. The number of alkyl halides is 3. The number of carbonyl (C=O) groups is 1. The zero-order valence-electron chi connectivity index (χ0n) is 20.2. The number of hydrogen-bond acceptors (Lipinski definition) is 8. The van der Waals surface area contributed by atoms with Crippen LogP contribution in [-0.2, 0) is 16.1 Å². The molecule has 0 saturated carbocycles. The van der Waals surface area contributed by atoms with E-state index in [-0.39, 0.29) is 12.6 Å². The monoisotopic (exact) mass is 496 g/mol. The van der Waals surface area contributed by atoms with E-state index in [9.17, 15) is 18.0 Å². The van der Waals surface area contributed by atoms with Gasteiger partial charge >= 0.3 is 12.1 Å². The van der Waals surface area contributed by atoms with Gasteiger partial charge < -0.3 is 24.5 Å². The largest absolute Gasteiger partial charge is 0.493 e. The molecule has 1 fully saturated rings. The normalized spacial score (nSPS) is 16.1. The number of aromatic nitrogens is 1. The number of hydroxylamine groups is 1. The fourth-order valence-electron chi connectivity index (χ4n) is 4.53. The molecule has 1 saturated heterocycles. The fraction of sp³-hybridized carbons (Fsp3) is 0.583. The van der Waals surface area contributed by atoms with Crippen molar-refractivity contribution in [3.8, 4) is 11.5 Å². The zero-order valence-corrected chi connectivity index (χ0v) is 20.2. The van der Waals surface area contributed by atoms with Crippen molar-refractivity contribution in [3.05, 3.63) is 17.7 Å². The van der Waals surface area contributed by atoms with Crippen molar-refractivity contribution in [3.63, 3.8) is 0 Å². The van der Waals surface area contributed by atoms with Gasteiger partial charge in [0.1, 0.15) is 5.82 Å². The smallest absolute Gasteiger partial charge is 0.493 e. The van der Waals surface area contributed by atoms with E-state index in [0.29, 0.717) is 52.5 Å². The SMILES string of the molecule is COc1cc2c3c(c(NC(C)C)nc2cc1OCCCN1CCCC1)CCN3OC(=O)C(F)(F)F. The van der Waals surface area contributed by atoms with E-state index in [1.807, 2.05) is 13.8 Å². The van der Waals surface area contributed by atoms with Crippen LogP contribution >= 0.6 is 0 Å². The summed E-state index contributed by atoms with van der Waals surface area (Å²) in [6.07, 6.45) is -1.40. The Labute approximate surface area is 202 Å². The number of carbonyl (C=O) groups excluding carboxylic acids is 1. The molecule has 11 heteroatoms. The summed E-state index contributed by atoms with van der Waals surface area (Å²) in [4.78, 5) is 23.5. The third-order valence-corrected chi connectivity index (χ3v) is 6.08. The summed E-state index contributed by atoms with van der Waals surface area (Å²) in [5, 5.41) is 4.77. The first-order valence-corrected chi connectivity index (χ1v) is 11.9. The highest BCUT2D eigenvalue weighted by atomic mass is 19.4. The number of halogens is 3. The van der Waals surface area contributed by atoms with E-state index in [0.717, 1.165) is 31.1 Å². The second-order valence-corrected chi connectivity index (χ2v) is 9.09. The Balaban J connectivity index is 1.66. The van der Waals surface area contributed by atoms with Crippen molar-refractivity contribution in [1.82, 2.24) is 9.88 Å². The number of pyridine rings is 1. The van der Waals surface area contributed by atoms with E-state index in [4.69, 9.17) is 19.3 Å². The molecule has 1 aromatic heterocycles. The Hall–Kier alpha value is -2.95. The molecule has 0 radical (unpaired) electrons. The Kier molecular flexibility index (Phi) is 7.44. The molecule has 0 unspecified atom stereocenters. The first-order chi connectivity index (χ1) is 16.7. The summed E-state index contributed by atoms with van der Waals surface area (Å²) in [5.41, 5.74) is 1.55. The van der Waals surface area contributed by atoms with Gasteiger partial charge in [-0.25, -0.2) is 14.8 Å². The van der Waals surface area contributed by atoms with Crippen LogP contribution < -0.4 is 19.9 Å². The first kappa shape index (κ1) is 25.2. The van der Waals surface area contributed by atoms with Crippen LogP contribution in [-0.4, -0.2) is 68.0 Å². The molecule has 2 aliphatic rings. The Morgan fingerprint density at radius 3 is 2.57 bits per heavy atom. The van der Waals surface area contributed by atoms with Crippen molar-refractivity contribution < 1.29 is 32.3 Å². The molecule has 4 rings (SSSR count). The summed E-state index contributed by atoms with van der Waals surface area (Å²) in [5.74, 6) is -0.792. The minimum atomic E-state index is -5.10. The number of fused-ring (bicyclic) bond motifs is 3. The van der Waals surface area contributed by atoms with E-state index >= 15 is 0 Å². The van der Waals surface area contributed by atoms with Gasteiger partial charge in [0.05, 0.1) is 31.5 Å². The lowest BCUT2D eigenvalue weighted by Gasteiger charge is -2.22. The van der Waals surface area contributed by atoms with Crippen LogP contribution in [0.2, 0.25) is 0 Å². The predicted octanol–water partition coefficient (Wildman–Crippen LogP) is 4.31. The van der Waals surface area contributed by atoms with Crippen LogP contribution in [0.1, 0.15) is 38.7 Å². The molecule has 3 heterocycles. The van der Waals surface area contributed by atoms with Crippen LogP contribution in [0.4, 0.5) is 24.7 Å². The number of hydrogen-bond donors (Lipinski definition) is 1. The molecular weight excluding hydrogens is 465 g/mol. The molecule has 8 nitrogen and oxygen atoms in total. The molecular formula is C24H31F3N4O4. The summed E-state index contributed by atoms with van der Waals surface area (Å²) >= 11 is 0. The van der Waals surface area contributed by atoms with Crippen molar-refractivity contribution in [2.45, 2.75) is 51.7 Å². The number of nitrogens with zero attached hydrogens (tertiary/aromatic N) is 3. The van der Waals surface area contributed by atoms with Gasteiger partial charge in [-0.1, -0.05) is 0 Å². The molecule has 0 atom stereocenters. The number of rotatable bonds is 9. The summed E-state index contributed by atoms with van der Waals surface area (Å²) in [7, 11) is 1.50. The van der Waals surface area contributed by atoms with Gasteiger partial charge in [-0.3, -0.25) is 0 Å².